The summed E-state index contributed by atoms with van der Waals surface area (Å²) >= 11 is 0. The molecule has 1 aromatic carbocycles. The van der Waals surface area contributed by atoms with Crippen molar-refractivity contribution in [3.63, 3.8) is 0 Å². The van der Waals surface area contributed by atoms with Crippen LogP contribution in [0.3, 0.4) is 0 Å². The summed E-state index contributed by atoms with van der Waals surface area (Å²) in [6.45, 7) is 2.38. The Hall–Kier alpha value is -2.10. The molecular weight excluding hydrogens is 242 g/mol. The molecule has 1 amide bonds. The lowest BCUT2D eigenvalue weighted by atomic mass is 10.00. The fourth-order valence-corrected chi connectivity index (χ4v) is 2.06. The third-order valence-corrected chi connectivity index (χ3v) is 3.11. The zero-order chi connectivity index (χ0) is 13.7. The van der Waals surface area contributed by atoms with E-state index in [0.29, 0.717) is 13.1 Å². The largest absolute Gasteiger partial charge is 0.456 e. The lowest BCUT2D eigenvalue weighted by Gasteiger charge is -2.26. The molecule has 0 N–H and O–H groups in total. The van der Waals surface area contributed by atoms with E-state index in [0.717, 1.165) is 6.42 Å². The molecule has 0 radical (unpaired) electrons. The van der Waals surface area contributed by atoms with Gasteiger partial charge in [-0.15, -0.1) is 0 Å². The summed E-state index contributed by atoms with van der Waals surface area (Å²) < 4.78 is 4.72. The molecule has 2 rings (SSSR count). The van der Waals surface area contributed by atoms with Crippen molar-refractivity contribution >= 4 is 17.4 Å². The van der Waals surface area contributed by atoms with E-state index in [9.17, 15) is 9.59 Å². The number of carbonyl (C=O) groups excluding carboxylic acids is 2. The molecule has 0 aromatic heterocycles. The first kappa shape index (κ1) is 13.3. The molecule has 4 heteroatoms. The number of amides is 1. The third-order valence-electron chi connectivity index (χ3n) is 3.11. The van der Waals surface area contributed by atoms with Crippen LogP contribution in [0.25, 0.3) is 5.57 Å². The zero-order valence-electron chi connectivity index (χ0n) is 11.0. The van der Waals surface area contributed by atoms with Gasteiger partial charge in [-0.1, -0.05) is 36.4 Å². The quantitative estimate of drug-likeness (QED) is 0.778. The van der Waals surface area contributed by atoms with Crippen LogP contribution in [0.1, 0.15) is 18.9 Å². The topological polar surface area (TPSA) is 46.6 Å². The van der Waals surface area contributed by atoms with Gasteiger partial charge < -0.3 is 9.64 Å². The molecule has 1 aliphatic heterocycles. The number of carbonyl (C=O) groups is 2. The van der Waals surface area contributed by atoms with Crippen molar-refractivity contribution < 1.29 is 14.3 Å². The fraction of sp³-hybridized carbons (Fsp3) is 0.333. The molecule has 0 aliphatic carbocycles. The predicted molar refractivity (Wildman–Crippen MR) is 72.2 cm³/mol. The molecule has 19 heavy (non-hydrogen) atoms. The monoisotopic (exact) mass is 259 g/mol. The van der Waals surface area contributed by atoms with E-state index >= 15 is 0 Å². The van der Waals surface area contributed by atoms with E-state index in [4.69, 9.17) is 4.74 Å². The standard InChI is InChI=1S/C15H17NO3/c1-12(17)19-11-15(18)16-9-7-14(8-10-16)13-5-3-2-4-6-13/h2-7H,8-11H2,1H3. The molecule has 0 saturated heterocycles. The Kier molecular flexibility index (Phi) is 4.34. The minimum absolute atomic E-state index is 0.140. The second kappa shape index (κ2) is 6.18. The Morgan fingerprint density at radius 1 is 1.26 bits per heavy atom. The second-order valence-electron chi connectivity index (χ2n) is 4.47. The van der Waals surface area contributed by atoms with Crippen LogP contribution in [-0.2, 0) is 14.3 Å². The molecule has 1 aromatic rings. The van der Waals surface area contributed by atoms with Gasteiger partial charge in [0.2, 0.25) is 0 Å². The highest BCUT2D eigenvalue weighted by Gasteiger charge is 2.18. The number of nitrogens with zero attached hydrogens (tertiary/aromatic N) is 1. The summed E-state index contributed by atoms with van der Waals surface area (Å²) in [4.78, 5) is 24.1. The summed E-state index contributed by atoms with van der Waals surface area (Å²) in [5, 5.41) is 0. The van der Waals surface area contributed by atoms with Crippen LogP contribution in [0.4, 0.5) is 0 Å². The van der Waals surface area contributed by atoms with Crippen LogP contribution in [0, 0.1) is 0 Å². The van der Waals surface area contributed by atoms with Gasteiger partial charge in [0.1, 0.15) is 0 Å². The number of rotatable bonds is 3. The normalized spacial score (nSPS) is 14.8. The first-order valence-electron chi connectivity index (χ1n) is 6.32. The molecular formula is C15H17NO3. The molecule has 0 atom stereocenters. The van der Waals surface area contributed by atoms with Crippen molar-refractivity contribution in [3.05, 3.63) is 42.0 Å². The Morgan fingerprint density at radius 3 is 2.58 bits per heavy atom. The highest BCUT2D eigenvalue weighted by molar-refractivity contribution is 5.81. The lowest BCUT2D eigenvalue weighted by molar-refractivity contribution is -0.150. The van der Waals surface area contributed by atoms with Gasteiger partial charge in [-0.25, -0.2) is 0 Å². The van der Waals surface area contributed by atoms with Gasteiger partial charge in [-0.3, -0.25) is 9.59 Å². The van der Waals surface area contributed by atoms with Crippen molar-refractivity contribution in [2.24, 2.45) is 0 Å². The fourth-order valence-electron chi connectivity index (χ4n) is 2.06. The van der Waals surface area contributed by atoms with Gasteiger partial charge >= 0.3 is 5.97 Å². The van der Waals surface area contributed by atoms with Crippen molar-refractivity contribution in [3.8, 4) is 0 Å². The first-order valence-corrected chi connectivity index (χ1v) is 6.32. The number of ether oxygens (including phenoxy) is 1. The Labute approximate surface area is 112 Å². The maximum atomic E-state index is 11.8. The summed E-state index contributed by atoms with van der Waals surface area (Å²) in [5.74, 6) is -0.565. The van der Waals surface area contributed by atoms with Crippen molar-refractivity contribution in [1.29, 1.82) is 0 Å². The van der Waals surface area contributed by atoms with Gasteiger partial charge in [0, 0.05) is 20.0 Å². The van der Waals surface area contributed by atoms with Crippen LogP contribution in [0.2, 0.25) is 0 Å². The average Bonchev–Trinajstić information content (AvgIpc) is 2.46. The van der Waals surface area contributed by atoms with Crippen molar-refractivity contribution in [1.82, 2.24) is 4.90 Å². The molecule has 0 saturated carbocycles. The van der Waals surface area contributed by atoms with Gasteiger partial charge in [-0.05, 0) is 17.6 Å². The first-order chi connectivity index (χ1) is 9.16. The molecule has 0 bridgehead atoms. The predicted octanol–water partition coefficient (Wildman–Crippen LogP) is 1.87. The average molecular weight is 259 g/mol. The van der Waals surface area contributed by atoms with Crippen LogP contribution in [-0.4, -0.2) is 36.5 Å². The summed E-state index contributed by atoms with van der Waals surface area (Å²) in [7, 11) is 0. The van der Waals surface area contributed by atoms with E-state index in [-0.39, 0.29) is 12.5 Å². The third kappa shape index (κ3) is 3.68. The number of hydrogen-bond acceptors (Lipinski definition) is 3. The molecule has 100 valence electrons. The van der Waals surface area contributed by atoms with Gasteiger partial charge in [0.05, 0.1) is 0 Å². The van der Waals surface area contributed by atoms with Crippen LogP contribution >= 0.6 is 0 Å². The van der Waals surface area contributed by atoms with E-state index in [1.54, 1.807) is 4.90 Å². The summed E-state index contributed by atoms with van der Waals surface area (Å²) in [6, 6.07) is 10.1. The highest BCUT2D eigenvalue weighted by atomic mass is 16.5. The maximum absolute atomic E-state index is 11.8. The summed E-state index contributed by atoms with van der Waals surface area (Å²) in [5.41, 5.74) is 2.46. The van der Waals surface area contributed by atoms with E-state index < -0.39 is 5.97 Å². The SMILES string of the molecule is CC(=O)OCC(=O)N1CC=C(c2ccccc2)CC1. The minimum Gasteiger partial charge on any atom is -0.456 e. The van der Waals surface area contributed by atoms with Crippen LogP contribution in [0.15, 0.2) is 36.4 Å². The van der Waals surface area contributed by atoms with E-state index in [1.165, 1.54) is 18.1 Å². The van der Waals surface area contributed by atoms with E-state index in [1.807, 2.05) is 18.2 Å². The van der Waals surface area contributed by atoms with Gasteiger partial charge in [-0.2, -0.15) is 0 Å². The Bertz CT molecular complexity index is 493. The van der Waals surface area contributed by atoms with Crippen LogP contribution in [0.5, 0.6) is 0 Å². The molecule has 4 nitrogen and oxygen atoms in total. The molecule has 1 aliphatic rings. The van der Waals surface area contributed by atoms with Gasteiger partial charge in [0.15, 0.2) is 6.61 Å². The summed E-state index contributed by atoms with van der Waals surface area (Å²) in [6.07, 6.45) is 2.89. The van der Waals surface area contributed by atoms with E-state index in [2.05, 4.69) is 18.2 Å². The second-order valence-corrected chi connectivity index (χ2v) is 4.47. The number of hydrogen-bond donors (Lipinski definition) is 0. The minimum atomic E-state index is -0.425. The highest BCUT2D eigenvalue weighted by Crippen LogP contribution is 2.21. The smallest absolute Gasteiger partial charge is 0.303 e. The molecule has 0 unspecified atom stereocenters. The number of benzene rings is 1. The maximum Gasteiger partial charge on any atom is 0.303 e. The Morgan fingerprint density at radius 2 is 2.00 bits per heavy atom. The van der Waals surface area contributed by atoms with Gasteiger partial charge in [0.25, 0.3) is 5.91 Å². The van der Waals surface area contributed by atoms with Crippen molar-refractivity contribution in [2.75, 3.05) is 19.7 Å². The molecule has 0 fully saturated rings. The van der Waals surface area contributed by atoms with Crippen molar-refractivity contribution in [2.45, 2.75) is 13.3 Å². The Balaban J connectivity index is 1.92. The molecule has 0 spiro atoms. The lowest BCUT2D eigenvalue weighted by Crippen LogP contribution is -2.37. The van der Waals surface area contributed by atoms with Crippen LogP contribution < -0.4 is 0 Å². The zero-order valence-corrected chi connectivity index (χ0v) is 11.0. The molecule has 1 heterocycles. The number of esters is 1.